The molecule has 0 unspecified atom stereocenters. The molecule has 3 rings (SSSR count). The summed E-state index contributed by atoms with van der Waals surface area (Å²) in [5, 5.41) is 0. The van der Waals surface area contributed by atoms with Crippen LogP contribution in [0.2, 0.25) is 0 Å². The minimum Gasteiger partial charge on any atom is -0.356 e. The van der Waals surface area contributed by atoms with Crippen molar-refractivity contribution in [2.75, 3.05) is 31.1 Å². The minimum atomic E-state index is -0.279. The maximum absolute atomic E-state index is 13.0. The Labute approximate surface area is 177 Å². The first-order chi connectivity index (χ1) is 14.2. The van der Waals surface area contributed by atoms with Crippen LogP contribution in [0.1, 0.15) is 62.1 Å². The van der Waals surface area contributed by atoms with E-state index in [4.69, 9.17) is 0 Å². The van der Waals surface area contributed by atoms with E-state index in [1.54, 1.807) is 10.6 Å². The average molecular weight is 413 g/mol. The summed E-state index contributed by atoms with van der Waals surface area (Å²) in [5.74, 6) is 0.666. The molecular weight excluding hydrogens is 380 g/mol. The van der Waals surface area contributed by atoms with E-state index in [0.29, 0.717) is 37.6 Å². The molecule has 0 spiro atoms. The number of anilines is 1. The molecule has 2 aromatic rings. The van der Waals surface area contributed by atoms with Crippen LogP contribution in [0.5, 0.6) is 0 Å². The number of carbonyl (C=O) groups excluding carboxylic acids is 1. The Kier molecular flexibility index (Phi) is 6.48. The van der Waals surface area contributed by atoms with Crippen LogP contribution in [0.15, 0.2) is 39.9 Å². The first kappa shape index (κ1) is 21.9. The highest BCUT2D eigenvalue weighted by molar-refractivity contribution is 5.94. The standard InChI is InChI=1S/C23H32N4O3/c1-16(2)26-20(15-21(28)27(17(3)4)23(26)30)24-10-7-11-25(13-12-24)22(29)19-9-6-8-18(5)14-19/h6,8-9,14-17H,7,10-13H2,1-5H3. The van der Waals surface area contributed by atoms with Crippen molar-refractivity contribution in [3.05, 3.63) is 62.3 Å². The Bertz CT molecular complexity index is 1040. The third kappa shape index (κ3) is 4.35. The Morgan fingerprint density at radius 1 is 0.900 bits per heavy atom. The third-order valence-electron chi connectivity index (χ3n) is 5.55. The van der Waals surface area contributed by atoms with Crippen LogP contribution in [0, 0.1) is 6.92 Å². The van der Waals surface area contributed by atoms with Gasteiger partial charge in [-0.1, -0.05) is 17.7 Å². The topological polar surface area (TPSA) is 67.6 Å². The molecule has 0 N–H and O–H groups in total. The number of hydrogen-bond acceptors (Lipinski definition) is 4. The summed E-state index contributed by atoms with van der Waals surface area (Å²) >= 11 is 0. The van der Waals surface area contributed by atoms with Crippen LogP contribution in [-0.2, 0) is 0 Å². The normalized spacial score (nSPS) is 15.0. The van der Waals surface area contributed by atoms with E-state index in [2.05, 4.69) is 4.90 Å². The molecule has 1 aliphatic heterocycles. The number of carbonyl (C=O) groups is 1. The fourth-order valence-electron chi connectivity index (χ4n) is 4.07. The Morgan fingerprint density at radius 3 is 2.23 bits per heavy atom. The molecule has 1 saturated heterocycles. The highest BCUT2D eigenvalue weighted by atomic mass is 16.2. The van der Waals surface area contributed by atoms with E-state index in [1.165, 1.54) is 4.57 Å². The largest absolute Gasteiger partial charge is 0.356 e. The molecule has 0 aliphatic carbocycles. The summed E-state index contributed by atoms with van der Waals surface area (Å²) in [6, 6.07) is 8.93. The number of benzene rings is 1. The van der Waals surface area contributed by atoms with Gasteiger partial charge in [0.2, 0.25) is 0 Å². The molecule has 1 aliphatic rings. The molecule has 1 amide bonds. The molecule has 30 heavy (non-hydrogen) atoms. The van der Waals surface area contributed by atoms with E-state index in [9.17, 15) is 14.4 Å². The summed E-state index contributed by atoms with van der Waals surface area (Å²) in [6.07, 6.45) is 0.775. The third-order valence-corrected chi connectivity index (χ3v) is 5.55. The van der Waals surface area contributed by atoms with Crippen LogP contribution in [0.4, 0.5) is 5.82 Å². The van der Waals surface area contributed by atoms with Gasteiger partial charge in [-0.05, 0) is 53.2 Å². The second-order valence-electron chi connectivity index (χ2n) is 8.55. The molecule has 0 bridgehead atoms. The molecule has 1 fully saturated rings. The van der Waals surface area contributed by atoms with Crippen molar-refractivity contribution in [2.45, 2.75) is 53.1 Å². The summed E-state index contributed by atoms with van der Waals surface area (Å²) < 4.78 is 2.99. The number of aromatic nitrogens is 2. The van der Waals surface area contributed by atoms with Crippen LogP contribution in [0.25, 0.3) is 0 Å². The zero-order valence-corrected chi connectivity index (χ0v) is 18.6. The lowest BCUT2D eigenvalue weighted by atomic mass is 10.1. The van der Waals surface area contributed by atoms with Crippen molar-refractivity contribution >= 4 is 11.7 Å². The van der Waals surface area contributed by atoms with Gasteiger partial charge < -0.3 is 9.80 Å². The Balaban J connectivity index is 1.89. The van der Waals surface area contributed by atoms with Crippen LogP contribution < -0.4 is 16.1 Å². The summed E-state index contributed by atoms with van der Waals surface area (Å²) in [4.78, 5) is 42.6. The van der Waals surface area contributed by atoms with Gasteiger partial charge in [-0.25, -0.2) is 4.79 Å². The van der Waals surface area contributed by atoms with Crippen molar-refractivity contribution in [3.63, 3.8) is 0 Å². The lowest BCUT2D eigenvalue weighted by molar-refractivity contribution is 0.0767. The maximum atomic E-state index is 13.0. The van der Waals surface area contributed by atoms with Gasteiger partial charge in [-0.15, -0.1) is 0 Å². The van der Waals surface area contributed by atoms with Crippen molar-refractivity contribution in [2.24, 2.45) is 0 Å². The number of aryl methyl sites for hydroxylation is 1. The number of rotatable bonds is 4. The number of nitrogens with zero attached hydrogens (tertiary/aromatic N) is 4. The molecule has 7 heteroatoms. The SMILES string of the molecule is Cc1cccc(C(=O)N2CCCN(c3cc(=O)n(C(C)C)c(=O)n3C(C)C)CC2)c1. The first-order valence-electron chi connectivity index (χ1n) is 10.7. The first-order valence-corrected chi connectivity index (χ1v) is 10.7. The summed E-state index contributed by atoms with van der Waals surface area (Å²) in [7, 11) is 0. The van der Waals surface area contributed by atoms with Gasteiger partial charge >= 0.3 is 5.69 Å². The van der Waals surface area contributed by atoms with Gasteiger partial charge in [-0.3, -0.25) is 18.7 Å². The number of amides is 1. The van der Waals surface area contributed by atoms with Crippen molar-refractivity contribution < 1.29 is 4.79 Å². The van der Waals surface area contributed by atoms with Gasteiger partial charge in [0.15, 0.2) is 0 Å². The fourth-order valence-corrected chi connectivity index (χ4v) is 4.07. The number of hydrogen-bond donors (Lipinski definition) is 0. The van der Waals surface area contributed by atoms with E-state index in [0.717, 1.165) is 12.0 Å². The van der Waals surface area contributed by atoms with E-state index in [1.807, 2.05) is 63.8 Å². The van der Waals surface area contributed by atoms with Gasteiger partial charge in [0.25, 0.3) is 11.5 Å². The summed E-state index contributed by atoms with van der Waals surface area (Å²) in [5.41, 5.74) is 1.20. The molecule has 1 aromatic carbocycles. The second kappa shape index (κ2) is 8.90. The second-order valence-corrected chi connectivity index (χ2v) is 8.55. The predicted octanol–water partition coefficient (Wildman–Crippen LogP) is 2.83. The van der Waals surface area contributed by atoms with E-state index < -0.39 is 0 Å². The van der Waals surface area contributed by atoms with Crippen molar-refractivity contribution in [1.29, 1.82) is 0 Å². The Hall–Kier alpha value is -2.83. The molecule has 0 atom stereocenters. The van der Waals surface area contributed by atoms with E-state index in [-0.39, 0.29) is 29.2 Å². The summed E-state index contributed by atoms with van der Waals surface area (Å²) in [6.45, 7) is 12.0. The zero-order valence-electron chi connectivity index (χ0n) is 18.6. The minimum absolute atomic E-state index is 0.0250. The predicted molar refractivity (Wildman–Crippen MR) is 120 cm³/mol. The van der Waals surface area contributed by atoms with E-state index >= 15 is 0 Å². The Morgan fingerprint density at radius 2 is 1.60 bits per heavy atom. The monoisotopic (exact) mass is 412 g/mol. The molecule has 2 heterocycles. The van der Waals surface area contributed by atoms with Crippen LogP contribution >= 0.6 is 0 Å². The van der Waals surface area contributed by atoms with Crippen LogP contribution in [-0.4, -0.2) is 46.1 Å². The highest BCUT2D eigenvalue weighted by Crippen LogP contribution is 2.19. The molecule has 7 nitrogen and oxygen atoms in total. The molecular formula is C23H32N4O3. The van der Waals surface area contributed by atoms with Crippen molar-refractivity contribution in [1.82, 2.24) is 14.0 Å². The molecule has 1 aromatic heterocycles. The van der Waals surface area contributed by atoms with Crippen LogP contribution in [0.3, 0.4) is 0 Å². The fraction of sp³-hybridized carbons (Fsp3) is 0.522. The smallest absolute Gasteiger partial charge is 0.333 e. The van der Waals surface area contributed by atoms with Gasteiger partial charge in [0.05, 0.1) is 0 Å². The highest BCUT2D eigenvalue weighted by Gasteiger charge is 2.24. The molecule has 162 valence electrons. The molecule has 0 saturated carbocycles. The van der Waals surface area contributed by atoms with Gasteiger partial charge in [-0.2, -0.15) is 0 Å². The van der Waals surface area contributed by atoms with Gasteiger partial charge in [0, 0.05) is 49.9 Å². The molecule has 0 radical (unpaired) electrons. The maximum Gasteiger partial charge on any atom is 0.333 e. The lowest BCUT2D eigenvalue weighted by Gasteiger charge is -2.28. The van der Waals surface area contributed by atoms with Gasteiger partial charge in [0.1, 0.15) is 5.82 Å². The average Bonchev–Trinajstić information content (AvgIpc) is 2.92. The zero-order chi connectivity index (χ0) is 22.0. The lowest BCUT2D eigenvalue weighted by Crippen LogP contribution is -2.45. The van der Waals surface area contributed by atoms with Crippen molar-refractivity contribution in [3.8, 4) is 0 Å². The quantitative estimate of drug-likeness (QED) is 0.775.